The number of anilines is 2. The van der Waals surface area contributed by atoms with E-state index in [1.165, 1.54) is 0 Å². The molecule has 1 aromatic rings. The molecule has 1 saturated carbocycles. The van der Waals surface area contributed by atoms with Gasteiger partial charge in [-0.3, -0.25) is 0 Å². The van der Waals surface area contributed by atoms with E-state index in [9.17, 15) is 4.79 Å². The van der Waals surface area contributed by atoms with Crippen LogP contribution in [0.2, 0.25) is 0 Å². The molecule has 0 spiro atoms. The van der Waals surface area contributed by atoms with Gasteiger partial charge in [0.2, 0.25) is 0 Å². The first-order valence-electron chi connectivity index (χ1n) is 7.29. The number of nitrogens with zero attached hydrogens (tertiary/aromatic N) is 1. The maximum Gasteiger partial charge on any atom is 0.407 e. The Morgan fingerprint density at radius 3 is 2.67 bits per heavy atom. The molecule has 6 nitrogen and oxygen atoms in total. The number of hydrogen-bond acceptors (Lipinski definition) is 5. The molecular weight excluding hydrogens is 268 g/mol. The molecule has 1 aliphatic carbocycles. The molecule has 0 radical (unpaired) electrons. The molecule has 0 bridgehead atoms. The highest BCUT2D eigenvalue weighted by atomic mass is 16.6. The lowest BCUT2D eigenvalue weighted by Crippen LogP contribution is -2.38. The van der Waals surface area contributed by atoms with Gasteiger partial charge in [0.25, 0.3) is 0 Å². The Morgan fingerprint density at radius 2 is 2.05 bits per heavy atom. The van der Waals surface area contributed by atoms with E-state index in [4.69, 9.17) is 10.5 Å². The molecule has 0 aliphatic heterocycles. The molecule has 21 heavy (non-hydrogen) atoms. The number of pyridine rings is 1. The van der Waals surface area contributed by atoms with E-state index in [2.05, 4.69) is 15.6 Å². The summed E-state index contributed by atoms with van der Waals surface area (Å²) in [4.78, 5) is 16.0. The predicted molar refractivity (Wildman–Crippen MR) is 83.1 cm³/mol. The van der Waals surface area contributed by atoms with Gasteiger partial charge in [-0.25, -0.2) is 9.78 Å². The number of alkyl carbamates (subject to hydrolysis) is 1. The number of nitrogens with two attached hydrogens (primary N) is 1. The summed E-state index contributed by atoms with van der Waals surface area (Å²) in [5.74, 6) is 0.812. The number of nitrogen functional groups attached to an aromatic ring is 1. The van der Waals surface area contributed by atoms with Crippen LogP contribution in [0.1, 0.15) is 40.0 Å². The van der Waals surface area contributed by atoms with Crippen LogP contribution in [0.25, 0.3) is 0 Å². The van der Waals surface area contributed by atoms with Crippen molar-refractivity contribution in [2.45, 2.75) is 57.7 Å². The lowest BCUT2D eigenvalue weighted by molar-refractivity contribution is 0.0505. The van der Waals surface area contributed by atoms with Gasteiger partial charge in [-0.2, -0.15) is 0 Å². The van der Waals surface area contributed by atoms with Crippen molar-refractivity contribution in [3.63, 3.8) is 0 Å². The molecule has 1 heterocycles. The van der Waals surface area contributed by atoms with Gasteiger partial charge < -0.3 is 21.1 Å². The summed E-state index contributed by atoms with van der Waals surface area (Å²) in [5.41, 5.74) is 5.80. The highest BCUT2D eigenvalue weighted by Crippen LogP contribution is 2.23. The van der Waals surface area contributed by atoms with Crippen LogP contribution in [0.4, 0.5) is 16.3 Å². The van der Waals surface area contributed by atoms with Gasteiger partial charge >= 0.3 is 6.09 Å². The van der Waals surface area contributed by atoms with Gasteiger partial charge in [-0.05, 0) is 52.2 Å². The smallest absolute Gasteiger partial charge is 0.407 e. The molecule has 1 amide bonds. The van der Waals surface area contributed by atoms with Crippen LogP contribution in [0.3, 0.4) is 0 Å². The fourth-order valence-corrected chi connectivity index (χ4v) is 2.42. The van der Waals surface area contributed by atoms with Crippen LogP contribution in [-0.4, -0.2) is 28.8 Å². The van der Waals surface area contributed by atoms with E-state index >= 15 is 0 Å². The number of amides is 1. The Kier molecular flexibility index (Phi) is 4.55. The number of nitrogens with one attached hydrogen (secondary N) is 2. The first-order chi connectivity index (χ1) is 9.82. The standard InChI is InChI=1S/C15H24N4O2/c1-15(2,3)21-14(20)19-12-6-5-11(8-12)18-13-7-4-10(16)9-17-13/h4,7,9,11-12H,5-6,8,16H2,1-3H3,(H,17,18)(H,19,20)/t11-,12-/m0/s1. The fourth-order valence-electron chi connectivity index (χ4n) is 2.42. The molecule has 2 atom stereocenters. The highest BCUT2D eigenvalue weighted by molar-refractivity contribution is 5.68. The van der Waals surface area contributed by atoms with Crippen LogP contribution in [0, 0.1) is 0 Å². The second-order valence-corrected chi connectivity index (χ2v) is 6.47. The van der Waals surface area contributed by atoms with Crippen LogP contribution in [-0.2, 0) is 4.74 Å². The summed E-state index contributed by atoms with van der Waals surface area (Å²) in [6.45, 7) is 5.58. The number of carbonyl (C=O) groups excluding carboxylic acids is 1. The van der Waals surface area contributed by atoms with Crippen LogP contribution < -0.4 is 16.4 Å². The Labute approximate surface area is 125 Å². The van der Waals surface area contributed by atoms with Gasteiger partial charge in [0.15, 0.2) is 0 Å². The van der Waals surface area contributed by atoms with Crippen molar-refractivity contribution < 1.29 is 9.53 Å². The lowest BCUT2D eigenvalue weighted by atomic mass is 10.2. The van der Waals surface area contributed by atoms with Crippen molar-refractivity contribution in [2.75, 3.05) is 11.1 Å². The zero-order valence-corrected chi connectivity index (χ0v) is 12.8. The number of carbonyl (C=O) groups is 1. The minimum atomic E-state index is -0.464. The second-order valence-electron chi connectivity index (χ2n) is 6.47. The molecular formula is C15H24N4O2. The summed E-state index contributed by atoms with van der Waals surface area (Å²) < 4.78 is 5.27. The molecule has 6 heteroatoms. The Hall–Kier alpha value is -1.98. The van der Waals surface area contributed by atoms with E-state index < -0.39 is 5.60 Å². The summed E-state index contributed by atoms with van der Waals surface area (Å²) >= 11 is 0. The number of rotatable bonds is 3. The molecule has 116 valence electrons. The summed E-state index contributed by atoms with van der Waals surface area (Å²) in [6.07, 6.45) is 4.08. The first-order valence-corrected chi connectivity index (χ1v) is 7.29. The quantitative estimate of drug-likeness (QED) is 0.796. The van der Waals surface area contributed by atoms with Gasteiger partial charge in [-0.15, -0.1) is 0 Å². The monoisotopic (exact) mass is 292 g/mol. The molecule has 1 aliphatic rings. The molecule has 4 N–H and O–H groups in total. The second kappa shape index (κ2) is 6.20. The zero-order chi connectivity index (χ0) is 15.5. The lowest BCUT2D eigenvalue weighted by Gasteiger charge is -2.22. The van der Waals surface area contributed by atoms with Crippen LogP contribution >= 0.6 is 0 Å². The van der Waals surface area contributed by atoms with Crippen molar-refractivity contribution in [1.29, 1.82) is 0 Å². The topological polar surface area (TPSA) is 89.3 Å². The van der Waals surface area contributed by atoms with Crippen molar-refractivity contribution in [3.8, 4) is 0 Å². The summed E-state index contributed by atoms with van der Waals surface area (Å²) in [5, 5.41) is 6.28. The van der Waals surface area contributed by atoms with Crippen molar-refractivity contribution >= 4 is 17.6 Å². The van der Waals surface area contributed by atoms with E-state index in [1.54, 1.807) is 6.20 Å². The van der Waals surface area contributed by atoms with Gasteiger partial charge in [0.05, 0.1) is 11.9 Å². The first kappa shape index (κ1) is 15.4. The number of hydrogen-bond donors (Lipinski definition) is 3. The average molecular weight is 292 g/mol. The van der Waals surface area contributed by atoms with Crippen molar-refractivity contribution in [2.24, 2.45) is 0 Å². The maximum absolute atomic E-state index is 11.7. The molecule has 0 saturated heterocycles. The van der Waals surface area contributed by atoms with Gasteiger partial charge in [0, 0.05) is 12.1 Å². The third kappa shape index (κ3) is 5.13. The molecule has 1 fully saturated rings. The normalized spacial score (nSPS) is 21.9. The van der Waals surface area contributed by atoms with E-state index in [-0.39, 0.29) is 12.1 Å². The molecule has 0 unspecified atom stereocenters. The fraction of sp³-hybridized carbons (Fsp3) is 0.600. The Morgan fingerprint density at radius 1 is 1.33 bits per heavy atom. The minimum absolute atomic E-state index is 0.145. The SMILES string of the molecule is CC(C)(C)OC(=O)N[C@H]1CC[C@H](Nc2ccc(N)cn2)C1. The van der Waals surface area contributed by atoms with E-state index in [1.807, 2.05) is 32.9 Å². The zero-order valence-electron chi connectivity index (χ0n) is 12.8. The van der Waals surface area contributed by atoms with Crippen LogP contribution in [0.5, 0.6) is 0 Å². The van der Waals surface area contributed by atoms with Gasteiger partial charge in [0.1, 0.15) is 11.4 Å². The van der Waals surface area contributed by atoms with E-state index in [0.717, 1.165) is 25.1 Å². The summed E-state index contributed by atoms with van der Waals surface area (Å²) in [6, 6.07) is 4.14. The third-order valence-corrected chi connectivity index (χ3v) is 3.29. The number of aromatic nitrogens is 1. The van der Waals surface area contributed by atoms with Gasteiger partial charge in [-0.1, -0.05) is 0 Å². The highest BCUT2D eigenvalue weighted by Gasteiger charge is 2.27. The minimum Gasteiger partial charge on any atom is -0.444 e. The summed E-state index contributed by atoms with van der Waals surface area (Å²) in [7, 11) is 0. The average Bonchev–Trinajstić information content (AvgIpc) is 2.77. The largest absolute Gasteiger partial charge is 0.444 e. The molecule has 1 aromatic heterocycles. The maximum atomic E-state index is 11.7. The number of ether oxygens (including phenoxy) is 1. The third-order valence-electron chi connectivity index (χ3n) is 3.29. The molecule has 2 rings (SSSR count). The van der Waals surface area contributed by atoms with Crippen molar-refractivity contribution in [3.05, 3.63) is 18.3 Å². The van der Waals surface area contributed by atoms with E-state index in [0.29, 0.717) is 11.7 Å². The Bertz CT molecular complexity index is 481. The predicted octanol–water partition coefficient (Wildman–Crippen LogP) is 2.52. The van der Waals surface area contributed by atoms with Crippen LogP contribution in [0.15, 0.2) is 18.3 Å². The van der Waals surface area contributed by atoms with Crippen molar-refractivity contribution in [1.82, 2.24) is 10.3 Å². The Balaban J connectivity index is 1.78. The molecule has 0 aromatic carbocycles.